The standard InChI is InChI=1S/C32H40Br2ClN3O3/c1-32(2,3)41-31(40)37-25-8-4-19(5-9-25)14-27(39)38-12-10-20(11-13-38)29-28-21(16-24(35)17-26(28)34)6-7-22-15-23(33)18-36-30(22)29/h15-20,25,29H,4-14H2,1-3H3,(H,37,40)/t19?,25?,29-/m1/s1. The van der Waals surface area contributed by atoms with E-state index in [-0.39, 0.29) is 24.0 Å². The number of carbonyl (C=O) groups excluding carboxylic acids is 2. The van der Waals surface area contributed by atoms with Crippen LogP contribution < -0.4 is 5.32 Å². The maximum Gasteiger partial charge on any atom is 0.407 e. The van der Waals surface area contributed by atoms with Crippen LogP contribution in [0.5, 0.6) is 0 Å². The van der Waals surface area contributed by atoms with E-state index in [2.05, 4.69) is 54.2 Å². The third-order valence-electron chi connectivity index (χ3n) is 8.81. The van der Waals surface area contributed by atoms with Gasteiger partial charge in [-0.1, -0.05) is 27.5 Å². The van der Waals surface area contributed by atoms with Gasteiger partial charge in [0.1, 0.15) is 5.60 Å². The molecule has 41 heavy (non-hydrogen) atoms. The summed E-state index contributed by atoms with van der Waals surface area (Å²) in [4.78, 5) is 32.5. The summed E-state index contributed by atoms with van der Waals surface area (Å²) in [7, 11) is 0. The average molecular weight is 710 g/mol. The van der Waals surface area contributed by atoms with Crippen molar-refractivity contribution in [1.29, 1.82) is 0 Å². The van der Waals surface area contributed by atoms with E-state index in [1.54, 1.807) is 0 Å². The Morgan fingerprint density at radius 2 is 1.71 bits per heavy atom. The highest BCUT2D eigenvalue weighted by atomic mass is 79.9. The molecule has 2 amide bonds. The molecule has 1 saturated carbocycles. The maximum absolute atomic E-state index is 13.3. The summed E-state index contributed by atoms with van der Waals surface area (Å²) in [6.07, 6.45) is 9.62. The Morgan fingerprint density at radius 1 is 1.02 bits per heavy atom. The minimum Gasteiger partial charge on any atom is -0.444 e. The third-order valence-corrected chi connectivity index (χ3v) is 10.1. The van der Waals surface area contributed by atoms with E-state index in [1.807, 2.05) is 33.0 Å². The first kappa shape index (κ1) is 30.8. The molecule has 1 atom stereocenters. The summed E-state index contributed by atoms with van der Waals surface area (Å²) in [5.74, 6) is 1.21. The van der Waals surface area contributed by atoms with Gasteiger partial charge in [0.25, 0.3) is 0 Å². The largest absolute Gasteiger partial charge is 0.444 e. The number of benzene rings is 1. The molecule has 0 bridgehead atoms. The fourth-order valence-corrected chi connectivity index (χ4v) is 8.37. The number of aryl methyl sites for hydroxylation is 2. The zero-order chi connectivity index (χ0) is 29.3. The number of hydrogen-bond acceptors (Lipinski definition) is 4. The highest BCUT2D eigenvalue weighted by molar-refractivity contribution is 9.10. The SMILES string of the molecule is CC(C)(C)OC(=O)NC1CCC(CC(=O)N2CCC([C@H]3c4ncc(Br)cc4CCc4cc(Cl)cc(Br)c43)CC2)CC1. The van der Waals surface area contributed by atoms with Crippen molar-refractivity contribution in [2.75, 3.05) is 13.1 Å². The van der Waals surface area contributed by atoms with Gasteiger partial charge in [-0.15, -0.1) is 0 Å². The maximum atomic E-state index is 13.3. The number of alkyl carbamates (subject to hydrolysis) is 1. The van der Waals surface area contributed by atoms with Crippen molar-refractivity contribution >= 4 is 55.5 Å². The Balaban J connectivity index is 1.19. The lowest BCUT2D eigenvalue weighted by atomic mass is 9.76. The van der Waals surface area contributed by atoms with E-state index in [4.69, 9.17) is 21.3 Å². The van der Waals surface area contributed by atoms with Crippen molar-refractivity contribution in [1.82, 2.24) is 15.2 Å². The van der Waals surface area contributed by atoms with Crippen LogP contribution in [-0.4, -0.2) is 46.6 Å². The summed E-state index contributed by atoms with van der Waals surface area (Å²) >= 11 is 13.9. The topological polar surface area (TPSA) is 71.5 Å². The van der Waals surface area contributed by atoms with Gasteiger partial charge >= 0.3 is 6.09 Å². The summed E-state index contributed by atoms with van der Waals surface area (Å²) in [5.41, 5.74) is 4.56. The van der Waals surface area contributed by atoms with Crippen molar-refractivity contribution in [2.24, 2.45) is 11.8 Å². The molecule has 6 nitrogen and oxygen atoms in total. The van der Waals surface area contributed by atoms with E-state index in [9.17, 15) is 9.59 Å². The molecule has 9 heteroatoms. The van der Waals surface area contributed by atoms with Crippen molar-refractivity contribution in [2.45, 2.75) is 96.1 Å². The zero-order valence-electron chi connectivity index (χ0n) is 24.2. The highest BCUT2D eigenvalue weighted by Crippen LogP contribution is 2.46. The molecular weight excluding hydrogens is 670 g/mol. The Kier molecular flexibility index (Phi) is 9.71. The number of hydrogen-bond donors (Lipinski definition) is 1. The van der Waals surface area contributed by atoms with Gasteiger partial charge in [0.05, 0.1) is 5.69 Å². The Hall–Kier alpha value is -1.64. The van der Waals surface area contributed by atoms with Crippen LogP contribution >= 0.6 is 43.5 Å². The van der Waals surface area contributed by atoms with Crippen LogP contribution in [0.25, 0.3) is 0 Å². The van der Waals surface area contributed by atoms with Gasteiger partial charge in [0, 0.05) is 51.6 Å². The molecular formula is C32H40Br2ClN3O3. The van der Waals surface area contributed by atoms with Crippen molar-refractivity contribution in [3.8, 4) is 0 Å². The van der Waals surface area contributed by atoms with Crippen LogP contribution in [0, 0.1) is 11.8 Å². The molecule has 2 aliphatic carbocycles. The number of fused-ring (bicyclic) bond motifs is 2. The Morgan fingerprint density at radius 3 is 2.39 bits per heavy atom. The van der Waals surface area contributed by atoms with E-state index in [1.165, 1.54) is 16.7 Å². The van der Waals surface area contributed by atoms with E-state index in [0.717, 1.165) is 84.1 Å². The number of ether oxygens (including phenoxy) is 1. The van der Waals surface area contributed by atoms with Gasteiger partial charge in [-0.25, -0.2) is 4.79 Å². The number of carbonyl (C=O) groups is 2. The van der Waals surface area contributed by atoms with Gasteiger partial charge in [-0.3, -0.25) is 9.78 Å². The first-order chi connectivity index (χ1) is 19.5. The number of nitrogens with zero attached hydrogens (tertiary/aromatic N) is 2. The fraction of sp³-hybridized carbons (Fsp3) is 0.594. The number of piperidine rings is 1. The van der Waals surface area contributed by atoms with Crippen LogP contribution in [0.15, 0.2) is 33.3 Å². The van der Waals surface area contributed by atoms with Crippen LogP contribution in [0.2, 0.25) is 5.02 Å². The van der Waals surface area contributed by atoms with Gasteiger partial charge in [-0.05, 0) is 135 Å². The number of pyridine rings is 1. The molecule has 2 aromatic rings. The summed E-state index contributed by atoms with van der Waals surface area (Å²) < 4.78 is 7.46. The predicted molar refractivity (Wildman–Crippen MR) is 169 cm³/mol. The van der Waals surface area contributed by atoms with Gasteiger partial charge in [-0.2, -0.15) is 0 Å². The number of rotatable bonds is 4. The number of aromatic nitrogens is 1. The minimum absolute atomic E-state index is 0.126. The minimum atomic E-state index is -0.498. The first-order valence-corrected chi connectivity index (χ1v) is 16.8. The van der Waals surface area contributed by atoms with Gasteiger partial charge < -0.3 is 15.0 Å². The van der Waals surface area contributed by atoms with E-state index < -0.39 is 5.60 Å². The molecule has 1 saturated heterocycles. The summed E-state index contributed by atoms with van der Waals surface area (Å²) in [6.45, 7) is 7.18. The summed E-state index contributed by atoms with van der Waals surface area (Å²) in [5, 5.41) is 3.76. The molecule has 0 radical (unpaired) electrons. The second kappa shape index (κ2) is 12.9. The van der Waals surface area contributed by atoms with Gasteiger partial charge in [0.2, 0.25) is 5.91 Å². The first-order valence-electron chi connectivity index (χ1n) is 14.9. The van der Waals surface area contributed by atoms with Crippen LogP contribution in [0.1, 0.15) is 94.0 Å². The van der Waals surface area contributed by atoms with Gasteiger partial charge in [0.15, 0.2) is 0 Å². The molecule has 0 spiro atoms. The molecule has 1 aliphatic heterocycles. The molecule has 5 rings (SSSR count). The molecule has 2 fully saturated rings. The number of nitrogens with one attached hydrogen (secondary N) is 1. The smallest absolute Gasteiger partial charge is 0.407 e. The molecule has 1 N–H and O–H groups in total. The molecule has 3 aliphatic rings. The number of halogens is 3. The molecule has 2 heterocycles. The molecule has 1 aromatic carbocycles. The van der Waals surface area contributed by atoms with E-state index in [0.29, 0.717) is 18.3 Å². The highest BCUT2D eigenvalue weighted by Gasteiger charge is 2.37. The number of likely N-dealkylation sites (tertiary alicyclic amines) is 1. The second-order valence-electron chi connectivity index (χ2n) is 12.9. The monoisotopic (exact) mass is 707 g/mol. The Labute approximate surface area is 265 Å². The third kappa shape index (κ3) is 7.66. The lowest BCUT2D eigenvalue weighted by molar-refractivity contribution is -0.134. The van der Waals surface area contributed by atoms with Crippen molar-refractivity contribution < 1.29 is 14.3 Å². The van der Waals surface area contributed by atoms with Crippen LogP contribution in [0.4, 0.5) is 4.79 Å². The van der Waals surface area contributed by atoms with E-state index >= 15 is 0 Å². The average Bonchev–Trinajstić information content (AvgIpc) is 3.05. The molecule has 0 unspecified atom stereocenters. The number of amides is 2. The quantitative estimate of drug-likeness (QED) is 0.348. The van der Waals surface area contributed by atoms with Crippen molar-refractivity contribution in [3.63, 3.8) is 0 Å². The van der Waals surface area contributed by atoms with Crippen molar-refractivity contribution in [3.05, 3.63) is 60.7 Å². The Bertz CT molecular complexity index is 1280. The summed E-state index contributed by atoms with van der Waals surface area (Å²) in [6, 6.07) is 6.47. The normalized spacial score (nSPS) is 23.3. The lowest BCUT2D eigenvalue weighted by Crippen LogP contribution is -2.42. The lowest BCUT2D eigenvalue weighted by Gasteiger charge is -2.38. The second-order valence-corrected chi connectivity index (χ2v) is 15.1. The predicted octanol–water partition coefficient (Wildman–Crippen LogP) is 8.20. The fourth-order valence-electron chi connectivity index (χ4n) is 6.87. The molecule has 222 valence electrons. The molecule has 1 aromatic heterocycles. The van der Waals surface area contributed by atoms with Crippen LogP contribution in [-0.2, 0) is 22.4 Å². The zero-order valence-corrected chi connectivity index (χ0v) is 28.1. The van der Waals surface area contributed by atoms with Crippen LogP contribution in [0.3, 0.4) is 0 Å².